The Kier molecular flexibility index (Phi) is 4.39. The number of aromatic nitrogens is 3. The Morgan fingerprint density at radius 2 is 2.09 bits per heavy atom. The molecule has 0 saturated carbocycles. The van der Waals surface area contributed by atoms with Crippen molar-refractivity contribution in [3.05, 3.63) is 77.5 Å². The van der Waals surface area contributed by atoms with Crippen molar-refractivity contribution < 1.29 is 13.9 Å². The fourth-order valence-corrected chi connectivity index (χ4v) is 4.50. The molecular weight excluding hydrogens is 409 g/mol. The monoisotopic (exact) mass is 429 g/mol. The second-order valence-corrected chi connectivity index (χ2v) is 8.08. The van der Waals surface area contributed by atoms with E-state index in [9.17, 15) is 9.18 Å². The molecule has 8 heteroatoms. The smallest absolute Gasteiger partial charge is 0.254 e. The second-order valence-electron chi connectivity index (χ2n) is 8.08. The maximum atomic E-state index is 13.6. The molecule has 0 aliphatic carbocycles. The molecule has 1 atom stereocenters. The van der Waals surface area contributed by atoms with Crippen LogP contribution in [0.2, 0.25) is 0 Å². The first-order chi connectivity index (χ1) is 15.7. The van der Waals surface area contributed by atoms with Crippen LogP contribution in [0.25, 0.3) is 16.9 Å². The number of amides is 1. The predicted octanol–water partition coefficient (Wildman–Crippen LogP) is 4.03. The molecule has 4 aromatic rings. The Balaban J connectivity index is 1.36. The number of fused-ring (bicyclic) bond motifs is 2. The van der Waals surface area contributed by atoms with Crippen LogP contribution in [-0.2, 0) is 11.3 Å². The lowest BCUT2D eigenvalue weighted by Crippen LogP contribution is -2.13. The van der Waals surface area contributed by atoms with Gasteiger partial charge in [0.25, 0.3) is 5.91 Å². The molecule has 1 amide bonds. The van der Waals surface area contributed by atoms with Crippen LogP contribution in [0.5, 0.6) is 0 Å². The van der Waals surface area contributed by atoms with Gasteiger partial charge in [0.05, 0.1) is 29.7 Å². The van der Waals surface area contributed by atoms with Crippen molar-refractivity contribution in [1.82, 2.24) is 19.7 Å². The minimum atomic E-state index is -0.338. The number of nitrogens with zero attached hydrogens (tertiary/aromatic N) is 3. The van der Waals surface area contributed by atoms with E-state index in [1.165, 1.54) is 12.1 Å². The highest BCUT2D eigenvalue weighted by Gasteiger charge is 2.27. The molecule has 7 nitrogen and oxygen atoms in total. The van der Waals surface area contributed by atoms with Crippen LogP contribution >= 0.6 is 0 Å². The molecule has 5 heterocycles. The third-order valence-electron chi connectivity index (χ3n) is 6.17. The van der Waals surface area contributed by atoms with Crippen LogP contribution < -0.4 is 10.6 Å². The Morgan fingerprint density at radius 3 is 2.91 bits per heavy atom. The zero-order valence-corrected chi connectivity index (χ0v) is 17.1. The molecule has 1 fully saturated rings. The van der Waals surface area contributed by atoms with Gasteiger partial charge >= 0.3 is 0 Å². The fraction of sp³-hybridized carbons (Fsp3) is 0.208. The molecule has 0 spiro atoms. The lowest BCUT2D eigenvalue weighted by atomic mass is 9.99. The van der Waals surface area contributed by atoms with Crippen LogP contribution in [0, 0.1) is 5.82 Å². The van der Waals surface area contributed by atoms with Crippen molar-refractivity contribution >= 4 is 23.1 Å². The molecule has 1 saturated heterocycles. The maximum Gasteiger partial charge on any atom is 0.254 e. The van der Waals surface area contributed by atoms with Crippen molar-refractivity contribution in [2.24, 2.45) is 0 Å². The van der Waals surface area contributed by atoms with Gasteiger partial charge in [-0.3, -0.25) is 9.20 Å². The number of rotatable bonds is 4. The summed E-state index contributed by atoms with van der Waals surface area (Å²) in [5.41, 5.74) is 5.54. The van der Waals surface area contributed by atoms with Gasteiger partial charge in [-0.1, -0.05) is 12.1 Å². The Hall–Kier alpha value is -3.78. The van der Waals surface area contributed by atoms with Gasteiger partial charge in [-0.2, -0.15) is 0 Å². The fourth-order valence-electron chi connectivity index (χ4n) is 4.50. The summed E-state index contributed by atoms with van der Waals surface area (Å²) < 4.78 is 20.8. The lowest BCUT2D eigenvalue weighted by Gasteiger charge is -2.14. The van der Waals surface area contributed by atoms with Gasteiger partial charge in [0.2, 0.25) is 0 Å². The van der Waals surface area contributed by atoms with E-state index in [-0.39, 0.29) is 11.7 Å². The lowest BCUT2D eigenvalue weighted by molar-refractivity contribution is 0.0966. The summed E-state index contributed by atoms with van der Waals surface area (Å²) in [5, 5.41) is 6.21. The first-order valence-electron chi connectivity index (χ1n) is 10.5. The van der Waals surface area contributed by atoms with E-state index in [1.54, 1.807) is 12.4 Å². The molecule has 0 radical (unpaired) electrons. The van der Waals surface area contributed by atoms with Gasteiger partial charge in [-0.15, -0.1) is 0 Å². The number of ether oxygens (including phenoxy) is 1. The number of anilines is 2. The standard InChI is InChI=1S/C24H20FN5O2/c25-16-5-7-30-20(12-27-22(30)9-16)17-2-3-19(23-18(17)11-28-24(23)31)29-21-4-1-14(10-26-21)15-6-8-32-13-15/h1-5,7,9-10,12,15H,6,8,11,13H2,(H,26,29)(H,28,31)/t15-/m1/s1. The number of carbonyl (C=O) groups is 1. The molecule has 3 aromatic heterocycles. The van der Waals surface area contributed by atoms with Crippen LogP contribution in [-0.4, -0.2) is 33.5 Å². The van der Waals surface area contributed by atoms with E-state index >= 15 is 0 Å². The number of pyridine rings is 2. The topological polar surface area (TPSA) is 80.6 Å². The quantitative estimate of drug-likeness (QED) is 0.512. The third-order valence-corrected chi connectivity index (χ3v) is 6.17. The van der Waals surface area contributed by atoms with Crippen molar-refractivity contribution in [3.63, 3.8) is 0 Å². The van der Waals surface area contributed by atoms with Crippen molar-refractivity contribution in [1.29, 1.82) is 0 Å². The summed E-state index contributed by atoms with van der Waals surface area (Å²) in [6.45, 7) is 1.95. The highest BCUT2D eigenvalue weighted by Crippen LogP contribution is 2.35. The highest BCUT2D eigenvalue weighted by molar-refractivity contribution is 6.06. The number of nitrogens with one attached hydrogen (secondary N) is 2. The van der Waals surface area contributed by atoms with Crippen molar-refractivity contribution in [3.8, 4) is 11.3 Å². The predicted molar refractivity (Wildman–Crippen MR) is 117 cm³/mol. The zero-order chi connectivity index (χ0) is 21.7. The molecule has 2 N–H and O–H groups in total. The number of imidazole rings is 1. The Bertz CT molecular complexity index is 1340. The van der Waals surface area contributed by atoms with Crippen molar-refractivity contribution in [2.45, 2.75) is 18.9 Å². The van der Waals surface area contributed by atoms with Gasteiger partial charge in [-0.25, -0.2) is 14.4 Å². The summed E-state index contributed by atoms with van der Waals surface area (Å²) in [6.07, 6.45) is 6.23. The van der Waals surface area contributed by atoms with Crippen LogP contribution in [0.15, 0.2) is 55.0 Å². The molecule has 0 bridgehead atoms. The summed E-state index contributed by atoms with van der Waals surface area (Å²) in [7, 11) is 0. The summed E-state index contributed by atoms with van der Waals surface area (Å²) in [6, 6.07) is 10.6. The van der Waals surface area contributed by atoms with Gasteiger partial charge in [0.15, 0.2) is 0 Å². The largest absolute Gasteiger partial charge is 0.381 e. The van der Waals surface area contributed by atoms with Gasteiger partial charge in [0.1, 0.15) is 17.3 Å². The zero-order valence-electron chi connectivity index (χ0n) is 17.1. The van der Waals surface area contributed by atoms with Crippen LogP contribution in [0.1, 0.15) is 33.8 Å². The van der Waals surface area contributed by atoms with E-state index in [4.69, 9.17) is 4.74 Å². The number of benzene rings is 1. The van der Waals surface area contributed by atoms with E-state index < -0.39 is 0 Å². The molecule has 1 aromatic carbocycles. The number of hydrogen-bond donors (Lipinski definition) is 2. The highest BCUT2D eigenvalue weighted by atomic mass is 19.1. The molecule has 2 aliphatic heterocycles. The third kappa shape index (κ3) is 3.11. The summed E-state index contributed by atoms with van der Waals surface area (Å²) in [4.78, 5) is 21.5. The molecule has 6 rings (SSSR count). The van der Waals surface area contributed by atoms with Gasteiger partial charge < -0.3 is 15.4 Å². The summed E-state index contributed by atoms with van der Waals surface area (Å²) in [5.74, 6) is 0.594. The minimum Gasteiger partial charge on any atom is -0.381 e. The van der Waals surface area contributed by atoms with Gasteiger partial charge in [0, 0.05) is 43.1 Å². The van der Waals surface area contributed by atoms with Crippen LogP contribution in [0.4, 0.5) is 15.9 Å². The molecule has 0 unspecified atom stereocenters. The minimum absolute atomic E-state index is 0.135. The van der Waals surface area contributed by atoms with E-state index in [0.717, 1.165) is 42.0 Å². The van der Waals surface area contributed by atoms with E-state index in [1.807, 2.05) is 28.8 Å². The number of hydrogen-bond acceptors (Lipinski definition) is 5. The number of carbonyl (C=O) groups excluding carboxylic acids is 1. The number of halogens is 1. The van der Waals surface area contributed by atoms with Crippen LogP contribution in [0.3, 0.4) is 0 Å². The van der Waals surface area contributed by atoms with E-state index in [2.05, 4.69) is 26.7 Å². The summed E-state index contributed by atoms with van der Waals surface area (Å²) >= 11 is 0. The van der Waals surface area contributed by atoms with Gasteiger partial charge in [-0.05, 0) is 35.7 Å². The Morgan fingerprint density at radius 1 is 1.16 bits per heavy atom. The maximum absolute atomic E-state index is 13.6. The van der Waals surface area contributed by atoms with Crippen molar-refractivity contribution in [2.75, 3.05) is 18.5 Å². The normalized spacial score (nSPS) is 17.5. The average Bonchev–Trinajstić information content (AvgIpc) is 3.55. The molecular formula is C24H20FN5O2. The van der Waals surface area contributed by atoms with E-state index in [0.29, 0.717) is 35.2 Å². The SMILES string of the molecule is O=C1NCc2c(-c3cnc4cc(F)ccn34)ccc(Nc3ccc([C@@H]4CCOC4)cn3)c21. The average molecular weight is 429 g/mol. The Labute approximate surface area is 183 Å². The first-order valence-corrected chi connectivity index (χ1v) is 10.5. The molecule has 32 heavy (non-hydrogen) atoms. The first kappa shape index (κ1) is 18.9. The second kappa shape index (κ2) is 7.42. The molecule has 160 valence electrons. The molecule has 2 aliphatic rings.